The van der Waals surface area contributed by atoms with Gasteiger partial charge in [0.25, 0.3) is 8.32 Å². The summed E-state index contributed by atoms with van der Waals surface area (Å²) in [6.45, 7) is 11.4. The summed E-state index contributed by atoms with van der Waals surface area (Å²) in [6.07, 6.45) is 10.1. The molecular formula is C37H50O4Si. The number of fused-ring (bicyclic) bond motifs is 5. The average Bonchev–Trinajstić information content (AvgIpc) is 3.25. The molecule has 4 aliphatic rings. The minimum atomic E-state index is -2.73. The van der Waals surface area contributed by atoms with Gasteiger partial charge in [-0.1, -0.05) is 101 Å². The maximum absolute atomic E-state index is 11.9. The number of aliphatic hydroxyl groups excluding tert-OH is 2. The first-order valence-electron chi connectivity index (χ1n) is 16.2. The number of benzene rings is 2. The molecule has 4 aliphatic carbocycles. The van der Waals surface area contributed by atoms with Gasteiger partial charge in [-0.15, -0.1) is 6.42 Å². The van der Waals surface area contributed by atoms with Gasteiger partial charge in [0.05, 0.1) is 12.2 Å². The third-order valence-corrected chi connectivity index (χ3v) is 17.9. The van der Waals surface area contributed by atoms with Crippen molar-refractivity contribution in [2.75, 3.05) is 0 Å². The van der Waals surface area contributed by atoms with Crippen molar-refractivity contribution in [2.24, 2.45) is 34.5 Å². The van der Waals surface area contributed by atoms with Crippen molar-refractivity contribution < 1.29 is 19.7 Å². The van der Waals surface area contributed by atoms with E-state index >= 15 is 0 Å². The summed E-state index contributed by atoms with van der Waals surface area (Å²) < 4.78 is 7.55. The SMILES string of the molecule is C#C[C@]1(O)CC[C@H]2C3[C@@H](O)[C@H](O)[C@H]4C[C@@H](O[Si](c5ccccc5)(c5ccccc5)C(C)(C)C)CC[C@]4(C)[C@H]3CC[C@@]21C. The Kier molecular flexibility index (Phi) is 7.39. The summed E-state index contributed by atoms with van der Waals surface area (Å²) in [7, 11) is -2.73. The maximum Gasteiger partial charge on any atom is 0.261 e. The molecule has 226 valence electrons. The smallest absolute Gasteiger partial charge is 0.261 e. The Morgan fingerprint density at radius 1 is 0.810 bits per heavy atom. The quantitative estimate of drug-likeness (QED) is 0.337. The van der Waals surface area contributed by atoms with E-state index in [9.17, 15) is 15.3 Å². The molecular weight excluding hydrogens is 536 g/mol. The van der Waals surface area contributed by atoms with Crippen LogP contribution in [0.15, 0.2) is 60.7 Å². The maximum atomic E-state index is 11.9. The number of hydrogen-bond donors (Lipinski definition) is 3. The molecule has 0 bridgehead atoms. The summed E-state index contributed by atoms with van der Waals surface area (Å²) >= 11 is 0. The normalized spacial score (nSPS) is 41.7. The molecule has 2 aromatic carbocycles. The standard InChI is InChI=1S/C37H50O4Si/c1-7-37(40)23-20-29-31-28(19-22-36(29,37)6)35(5)21-18-25(24-30(35)32(38)33(31)39)41-42(34(2,3)4,26-14-10-8-11-15-26)27-16-12-9-13-17-27/h1,8-17,25,28-33,38-40H,18-24H2,2-6H3/t25-,28-,29-,30+,31?,32+,33+,35+,36-,37-/m0/s1. The van der Waals surface area contributed by atoms with Crippen LogP contribution in [0.4, 0.5) is 0 Å². The van der Waals surface area contributed by atoms with Crippen molar-refractivity contribution in [1.82, 2.24) is 0 Å². The highest BCUT2D eigenvalue weighted by molar-refractivity contribution is 6.99. The highest BCUT2D eigenvalue weighted by Crippen LogP contribution is 2.68. The molecule has 0 aromatic heterocycles. The summed E-state index contributed by atoms with van der Waals surface area (Å²) in [6, 6.07) is 21.6. The average molecular weight is 587 g/mol. The first kappa shape index (κ1) is 30.1. The van der Waals surface area contributed by atoms with E-state index in [4.69, 9.17) is 10.8 Å². The number of aliphatic hydroxyl groups is 3. The summed E-state index contributed by atoms with van der Waals surface area (Å²) in [5.41, 5.74) is -1.64. The highest BCUT2D eigenvalue weighted by Gasteiger charge is 2.68. The predicted octanol–water partition coefficient (Wildman–Crippen LogP) is 5.28. The van der Waals surface area contributed by atoms with Gasteiger partial charge < -0.3 is 19.7 Å². The van der Waals surface area contributed by atoms with Crippen molar-refractivity contribution in [3.8, 4) is 12.3 Å². The van der Waals surface area contributed by atoms with E-state index in [1.165, 1.54) is 10.4 Å². The number of hydrogen-bond acceptors (Lipinski definition) is 4. The lowest BCUT2D eigenvalue weighted by Crippen LogP contribution is -2.69. The third kappa shape index (κ3) is 4.16. The Morgan fingerprint density at radius 2 is 1.38 bits per heavy atom. The van der Waals surface area contributed by atoms with E-state index in [0.29, 0.717) is 12.3 Å². The molecule has 10 atom stereocenters. The van der Waals surface area contributed by atoms with E-state index in [1.807, 2.05) is 0 Å². The first-order valence-corrected chi connectivity index (χ1v) is 18.1. The van der Waals surface area contributed by atoms with E-state index in [0.717, 1.165) is 38.5 Å². The largest absolute Gasteiger partial charge is 0.404 e. The van der Waals surface area contributed by atoms with Crippen LogP contribution in [-0.4, -0.2) is 47.5 Å². The Hall–Kier alpha value is -1.94. The van der Waals surface area contributed by atoms with Gasteiger partial charge in [0, 0.05) is 11.5 Å². The fourth-order valence-corrected chi connectivity index (χ4v) is 15.3. The zero-order chi connectivity index (χ0) is 30.1. The molecule has 0 heterocycles. The van der Waals surface area contributed by atoms with Crippen molar-refractivity contribution in [2.45, 2.75) is 109 Å². The Balaban J connectivity index is 1.33. The van der Waals surface area contributed by atoms with Gasteiger partial charge in [-0.3, -0.25) is 0 Å². The molecule has 5 heteroatoms. The van der Waals surface area contributed by atoms with Gasteiger partial charge in [-0.25, -0.2) is 0 Å². The van der Waals surface area contributed by atoms with Gasteiger partial charge in [-0.05, 0) is 89.4 Å². The van der Waals surface area contributed by atoms with Crippen molar-refractivity contribution in [3.05, 3.63) is 60.7 Å². The van der Waals surface area contributed by atoms with Gasteiger partial charge in [0.1, 0.15) is 5.60 Å². The van der Waals surface area contributed by atoms with Crippen LogP contribution in [0.5, 0.6) is 0 Å². The van der Waals surface area contributed by atoms with Gasteiger partial charge in [-0.2, -0.15) is 0 Å². The molecule has 4 saturated carbocycles. The molecule has 2 aromatic rings. The van der Waals surface area contributed by atoms with Gasteiger partial charge in [0.2, 0.25) is 0 Å². The molecule has 4 fully saturated rings. The van der Waals surface area contributed by atoms with E-state index in [-0.39, 0.29) is 34.3 Å². The van der Waals surface area contributed by atoms with Crippen LogP contribution in [0.2, 0.25) is 5.04 Å². The second-order valence-electron chi connectivity index (χ2n) is 15.6. The molecule has 1 unspecified atom stereocenters. The monoisotopic (exact) mass is 586 g/mol. The van der Waals surface area contributed by atoms with Crippen LogP contribution in [0.3, 0.4) is 0 Å². The zero-order valence-electron chi connectivity index (χ0n) is 26.1. The molecule has 3 N–H and O–H groups in total. The molecule has 0 saturated heterocycles. The number of terminal acetylenes is 1. The lowest BCUT2D eigenvalue weighted by molar-refractivity contribution is -0.227. The van der Waals surface area contributed by atoms with E-state index < -0.39 is 31.5 Å². The van der Waals surface area contributed by atoms with E-state index in [2.05, 4.69) is 101 Å². The molecule has 0 spiro atoms. The van der Waals surface area contributed by atoms with Crippen molar-refractivity contribution in [1.29, 1.82) is 0 Å². The topological polar surface area (TPSA) is 69.9 Å². The minimum absolute atomic E-state index is 0.000326. The van der Waals surface area contributed by atoms with Gasteiger partial charge in [0.15, 0.2) is 0 Å². The summed E-state index contributed by atoms with van der Waals surface area (Å²) in [5, 5.41) is 37.5. The van der Waals surface area contributed by atoms with Gasteiger partial charge >= 0.3 is 0 Å². The zero-order valence-corrected chi connectivity index (χ0v) is 27.1. The van der Waals surface area contributed by atoms with Crippen LogP contribution in [0.1, 0.15) is 79.6 Å². The van der Waals surface area contributed by atoms with E-state index in [1.54, 1.807) is 0 Å². The van der Waals surface area contributed by atoms with Crippen molar-refractivity contribution >= 4 is 18.7 Å². The summed E-state index contributed by atoms with van der Waals surface area (Å²) in [5.74, 6) is 3.06. The minimum Gasteiger partial charge on any atom is -0.404 e. The van der Waals surface area contributed by atoms with Crippen LogP contribution in [-0.2, 0) is 4.43 Å². The Labute approximate surface area is 254 Å². The third-order valence-electron chi connectivity index (χ3n) is 12.9. The highest BCUT2D eigenvalue weighted by atomic mass is 28.4. The lowest BCUT2D eigenvalue weighted by atomic mass is 9.43. The molecule has 42 heavy (non-hydrogen) atoms. The fraction of sp³-hybridized carbons (Fsp3) is 0.622. The van der Waals surface area contributed by atoms with Crippen LogP contribution < -0.4 is 10.4 Å². The van der Waals surface area contributed by atoms with Crippen LogP contribution in [0, 0.1) is 46.8 Å². The Morgan fingerprint density at radius 3 is 1.93 bits per heavy atom. The molecule has 0 radical (unpaired) electrons. The first-order chi connectivity index (χ1) is 19.8. The Bertz CT molecular complexity index is 1280. The lowest BCUT2D eigenvalue weighted by Gasteiger charge is -2.64. The molecule has 0 amide bonds. The fourth-order valence-electron chi connectivity index (χ4n) is 10.5. The second kappa shape index (κ2) is 10.3. The predicted molar refractivity (Wildman–Crippen MR) is 171 cm³/mol. The van der Waals surface area contributed by atoms with Crippen molar-refractivity contribution in [3.63, 3.8) is 0 Å². The second-order valence-corrected chi connectivity index (χ2v) is 19.8. The van der Waals surface area contributed by atoms with Crippen LogP contribution >= 0.6 is 0 Å². The van der Waals surface area contributed by atoms with Crippen LogP contribution in [0.25, 0.3) is 0 Å². The summed E-state index contributed by atoms with van der Waals surface area (Å²) in [4.78, 5) is 0. The molecule has 0 aliphatic heterocycles. The molecule has 6 rings (SSSR count). The number of rotatable bonds is 4. The molecule has 4 nitrogen and oxygen atoms in total.